The van der Waals surface area contributed by atoms with Crippen LogP contribution < -0.4 is 10.5 Å². The Labute approximate surface area is 144 Å². The molecule has 1 amide bonds. The molecule has 1 aliphatic heterocycles. The zero-order valence-corrected chi connectivity index (χ0v) is 14.8. The molecule has 0 bridgehead atoms. The van der Waals surface area contributed by atoms with Crippen molar-refractivity contribution >= 4 is 11.7 Å². The van der Waals surface area contributed by atoms with Crippen LogP contribution >= 0.6 is 0 Å². The van der Waals surface area contributed by atoms with Crippen molar-refractivity contribution in [2.75, 3.05) is 20.2 Å². The smallest absolute Gasteiger partial charge is 0.239 e. The van der Waals surface area contributed by atoms with Crippen molar-refractivity contribution < 1.29 is 14.3 Å². The molecule has 132 valence electrons. The predicted octanol–water partition coefficient (Wildman–Crippen LogP) is 2.49. The number of rotatable bonds is 6. The number of hydrogen-bond donors (Lipinski definition) is 1. The van der Waals surface area contributed by atoms with Crippen molar-refractivity contribution in [1.29, 1.82) is 0 Å². The number of nitrogens with two attached hydrogens (primary N) is 1. The van der Waals surface area contributed by atoms with E-state index in [2.05, 4.69) is 13.8 Å². The van der Waals surface area contributed by atoms with E-state index in [-0.39, 0.29) is 17.6 Å². The number of carbonyl (C=O) groups is 2. The molecule has 1 atom stereocenters. The van der Waals surface area contributed by atoms with Gasteiger partial charge < -0.3 is 15.4 Å². The lowest BCUT2D eigenvalue weighted by molar-refractivity contribution is -0.134. The number of ether oxygens (including phenoxy) is 1. The van der Waals surface area contributed by atoms with Crippen molar-refractivity contribution in [1.82, 2.24) is 4.90 Å². The monoisotopic (exact) mass is 332 g/mol. The van der Waals surface area contributed by atoms with E-state index in [1.165, 1.54) is 0 Å². The van der Waals surface area contributed by atoms with Gasteiger partial charge in [-0.2, -0.15) is 0 Å². The van der Waals surface area contributed by atoms with E-state index in [1.54, 1.807) is 31.4 Å². The van der Waals surface area contributed by atoms with Gasteiger partial charge in [-0.3, -0.25) is 9.59 Å². The summed E-state index contributed by atoms with van der Waals surface area (Å²) in [7, 11) is 1.60. The highest BCUT2D eigenvalue weighted by Gasteiger charge is 2.30. The zero-order chi connectivity index (χ0) is 17.7. The fraction of sp³-hybridized carbons (Fsp3) is 0.579. The molecule has 1 aromatic rings. The van der Waals surface area contributed by atoms with Crippen LogP contribution in [-0.4, -0.2) is 42.8 Å². The molecule has 0 unspecified atom stereocenters. The van der Waals surface area contributed by atoms with E-state index in [4.69, 9.17) is 10.5 Å². The summed E-state index contributed by atoms with van der Waals surface area (Å²) in [6.07, 6.45) is 2.10. The fourth-order valence-corrected chi connectivity index (χ4v) is 3.20. The number of piperidine rings is 1. The lowest BCUT2D eigenvalue weighted by Crippen LogP contribution is -2.48. The van der Waals surface area contributed by atoms with Crippen LogP contribution in [0.4, 0.5) is 0 Å². The summed E-state index contributed by atoms with van der Waals surface area (Å²) < 4.78 is 5.12. The average Bonchev–Trinajstić information content (AvgIpc) is 2.60. The summed E-state index contributed by atoms with van der Waals surface area (Å²) >= 11 is 0. The van der Waals surface area contributed by atoms with Gasteiger partial charge in [0.2, 0.25) is 5.91 Å². The number of likely N-dealkylation sites (tertiary alicyclic amines) is 1. The average molecular weight is 332 g/mol. The van der Waals surface area contributed by atoms with Crippen molar-refractivity contribution in [3.05, 3.63) is 29.8 Å². The summed E-state index contributed by atoms with van der Waals surface area (Å²) in [5.74, 6) is 1.28. The quantitative estimate of drug-likeness (QED) is 0.812. The van der Waals surface area contributed by atoms with Gasteiger partial charge in [0, 0.05) is 24.6 Å². The Kier molecular flexibility index (Phi) is 6.37. The lowest BCUT2D eigenvalue weighted by atomic mass is 9.88. The second-order valence-corrected chi connectivity index (χ2v) is 6.93. The second-order valence-electron chi connectivity index (χ2n) is 6.93. The Hall–Kier alpha value is -1.88. The van der Waals surface area contributed by atoms with E-state index in [0.717, 1.165) is 5.75 Å². The molecule has 0 aliphatic carbocycles. The Morgan fingerprint density at radius 2 is 1.79 bits per heavy atom. The number of amides is 1. The van der Waals surface area contributed by atoms with Crippen LogP contribution in [-0.2, 0) is 4.79 Å². The van der Waals surface area contributed by atoms with Crippen LogP contribution in [0.25, 0.3) is 0 Å². The van der Waals surface area contributed by atoms with Crippen LogP contribution in [0.3, 0.4) is 0 Å². The molecule has 24 heavy (non-hydrogen) atoms. The third-order valence-corrected chi connectivity index (χ3v) is 4.59. The van der Waals surface area contributed by atoms with Gasteiger partial charge >= 0.3 is 0 Å². The Morgan fingerprint density at radius 3 is 2.29 bits per heavy atom. The molecule has 0 spiro atoms. The van der Waals surface area contributed by atoms with Gasteiger partial charge in [-0.1, -0.05) is 13.8 Å². The minimum Gasteiger partial charge on any atom is -0.497 e. The maximum Gasteiger partial charge on any atom is 0.239 e. The number of Topliss-reactive ketones (excluding diaryl/α,β-unsaturated/α-hetero) is 1. The van der Waals surface area contributed by atoms with E-state index in [0.29, 0.717) is 43.8 Å². The molecule has 1 saturated heterocycles. The van der Waals surface area contributed by atoms with Crippen molar-refractivity contribution in [3.8, 4) is 5.75 Å². The molecular formula is C19H28N2O3. The normalized spacial score (nSPS) is 17.0. The highest BCUT2D eigenvalue weighted by molar-refractivity contribution is 5.98. The second kappa shape index (κ2) is 8.29. The van der Waals surface area contributed by atoms with Crippen LogP contribution in [0.5, 0.6) is 5.75 Å². The lowest BCUT2D eigenvalue weighted by Gasteiger charge is -2.33. The largest absolute Gasteiger partial charge is 0.497 e. The molecule has 5 nitrogen and oxygen atoms in total. The van der Waals surface area contributed by atoms with E-state index >= 15 is 0 Å². The summed E-state index contributed by atoms with van der Waals surface area (Å²) in [6, 6.07) is 6.78. The number of carbonyl (C=O) groups excluding carboxylic acids is 2. The zero-order valence-electron chi connectivity index (χ0n) is 14.8. The molecule has 0 aromatic heterocycles. The number of hydrogen-bond acceptors (Lipinski definition) is 4. The standard InChI is InChI=1S/C19H28N2O3/c1-13(2)12-17(20)19(23)21-10-8-15(9-11-21)18(22)14-4-6-16(24-3)7-5-14/h4-7,13,15,17H,8-12,20H2,1-3H3/t17-/m0/s1. The highest BCUT2D eigenvalue weighted by Crippen LogP contribution is 2.23. The van der Waals surface area contributed by atoms with Gasteiger partial charge in [0.25, 0.3) is 0 Å². The number of methoxy groups -OCH3 is 1. The van der Waals surface area contributed by atoms with Crippen LogP contribution in [0, 0.1) is 11.8 Å². The minimum atomic E-state index is -0.432. The molecule has 2 N–H and O–H groups in total. The summed E-state index contributed by atoms with van der Waals surface area (Å²) in [5.41, 5.74) is 6.70. The van der Waals surface area contributed by atoms with E-state index < -0.39 is 6.04 Å². The molecule has 1 fully saturated rings. The van der Waals surface area contributed by atoms with Crippen LogP contribution in [0.1, 0.15) is 43.5 Å². The summed E-state index contributed by atoms with van der Waals surface area (Å²) in [6.45, 7) is 5.34. The first-order chi connectivity index (χ1) is 11.4. The van der Waals surface area contributed by atoms with Gasteiger partial charge in [-0.25, -0.2) is 0 Å². The third kappa shape index (κ3) is 4.57. The van der Waals surface area contributed by atoms with Crippen molar-refractivity contribution in [2.24, 2.45) is 17.6 Å². The maximum absolute atomic E-state index is 12.6. The Bertz CT molecular complexity index is 560. The summed E-state index contributed by atoms with van der Waals surface area (Å²) in [4.78, 5) is 26.7. The molecule has 1 aromatic carbocycles. The van der Waals surface area contributed by atoms with Gasteiger partial charge in [0.05, 0.1) is 13.2 Å². The molecule has 1 heterocycles. The number of ketones is 1. The molecule has 0 radical (unpaired) electrons. The Balaban J connectivity index is 1.89. The Morgan fingerprint density at radius 1 is 1.21 bits per heavy atom. The molecule has 0 saturated carbocycles. The van der Waals surface area contributed by atoms with Gasteiger partial charge in [-0.05, 0) is 49.4 Å². The van der Waals surface area contributed by atoms with Gasteiger partial charge in [-0.15, -0.1) is 0 Å². The summed E-state index contributed by atoms with van der Waals surface area (Å²) in [5, 5.41) is 0. The molecular weight excluding hydrogens is 304 g/mol. The number of nitrogens with zero attached hydrogens (tertiary/aromatic N) is 1. The third-order valence-electron chi connectivity index (χ3n) is 4.59. The maximum atomic E-state index is 12.6. The van der Waals surface area contributed by atoms with Gasteiger partial charge in [0.1, 0.15) is 5.75 Å². The van der Waals surface area contributed by atoms with E-state index in [1.807, 2.05) is 4.90 Å². The predicted molar refractivity (Wildman–Crippen MR) is 94.1 cm³/mol. The van der Waals surface area contributed by atoms with E-state index in [9.17, 15) is 9.59 Å². The molecule has 5 heteroatoms. The van der Waals surface area contributed by atoms with Crippen LogP contribution in [0.2, 0.25) is 0 Å². The van der Waals surface area contributed by atoms with Crippen molar-refractivity contribution in [3.63, 3.8) is 0 Å². The fourth-order valence-electron chi connectivity index (χ4n) is 3.20. The SMILES string of the molecule is COc1ccc(C(=O)C2CCN(C(=O)[C@@H](N)CC(C)C)CC2)cc1. The van der Waals surface area contributed by atoms with Crippen molar-refractivity contribution in [2.45, 2.75) is 39.2 Å². The number of benzene rings is 1. The first-order valence-electron chi connectivity index (χ1n) is 8.65. The van der Waals surface area contributed by atoms with Gasteiger partial charge in [0.15, 0.2) is 5.78 Å². The molecule has 1 aliphatic rings. The highest BCUT2D eigenvalue weighted by atomic mass is 16.5. The molecule has 2 rings (SSSR count). The first kappa shape index (κ1) is 18.5. The van der Waals surface area contributed by atoms with Crippen LogP contribution in [0.15, 0.2) is 24.3 Å². The minimum absolute atomic E-state index is 0.0130. The first-order valence-corrected chi connectivity index (χ1v) is 8.65. The topological polar surface area (TPSA) is 72.6 Å².